The topological polar surface area (TPSA) is 346 Å². The van der Waals surface area contributed by atoms with E-state index in [0.29, 0.717) is 24.1 Å². The molecule has 8 rings (SSSR count). The van der Waals surface area contributed by atoms with Gasteiger partial charge in [0.15, 0.2) is 6.10 Å². The number of hydrogen-bond donors (Lipinski definition) is 10. The molecule has 502 valence electrons. The van der Waals surface area contributed by atoms with Crippen LogP contribution in [0.3, 0.4) is 0 Å². The number of Topliss-reactive ketones (excluding diaryl/α,β-unsaturated/α-hetero) is 1. The number of aliphatic hydroxyl groups excluding tert-OH is 1. The summed E-state index contributed by atoms with van der Waals surface area (Å²) < 4.78 is 31.4. The molecule has 94 heavy (non-hydrogen) atoms. The Hall–Kier alpha value is -9.26. The largest absolute Gasteiger partial charge is 0.507 e. The zero-order valence-corrected chi connectivity index (χ0v) is 54.6. The molecule has 6 amide bonds. The molecular weight excluding hydrogens is 1250 g/mol. The summed E-state index contributed by atoms with van der Waals surface area (Å²) in [5, 5.41) is 61.4. The van der Waals surface area contributed by atoms with Crippen molar-refractivity contribution in [3.63, 3.8) is 0 Å². The molecule has 0 radical (unpaired) electrons. The summed E-state index contributed by atoms with van der Waals surface area (Å²) in [7, 11) is 2.94. The van der Waals surface area contributed by atoms with Crippen LogP contribution < -0.4 is 27.0 Å². The molecule has 4 aliphatic rings. The molecule has 2 bridgehead atoms. The molecule has 1 aliphatic carbocycles. The summed E-state index contributed by atoms with van der Waals surface area (Å²) in [5.74, 6) is -5.51. The number of fused-ring (bicyclic) bond motifs is 4. The zero-order chi connectivity index (χ0) is 70.8. The van der Waals surface area contributed by atoms with E-state index >= 15 is 0 Å². The fraction of sp³-hybridized carbons (Fsp3) is 0.362. The van der Waals surface area contributed by atoms with Gasteiger partial charge in [-0.3, -0.25) is 33.6 Å². The van der Waals surface area contributed by atoms with Crippen molar-refractivity contribution >= 4 is 70.4 Å². The number of aliphatic hydroxyl groups is 1. The molecule has 0 fully saturated rings. The second-order valence-corrected chi connectivity index (χ2v) is 23.5. The van der Waals surface area contributed by atoms with E-state index in [9.17, 15) is 63.9 Å². The quantitative estimate of drug-likeness (QED) is 0.0418. The number of ketones is 2. The molecule has 3 aliphatic heterocycles. The monoisotopic (exact) mass is 1340 g/mol. The van der Waals surface area contributed by atoms with E-state index in [2.05, 4.69) is 27.8 Å². The summed E-state index contributed by atoms with van der Waals surface area (Å²) in [5.41, 5.74) is 9.41. The molecule has 3 unspecified atom stereocenters. The Labute approximate surface area is 558 Å². The summed E-state index contributed by atoms with van der Waals surface area (Å²) in [4.78, 5) is 106. The van der Waals surface area contributed by atoms with Gasteiger partial charge in [0.05, 0.1) is 44.8 Å². The minimum Gasteiger partial charge on any atom is -0.507 e. The van der Waals surface area contributed by atoms with Crippen molar-refractivity contribution < 1.29 is 80.8 Å². The van der Waals surface area contributed by atoms with Gasteiger partial charge < -0.3 is 76.5 Å². The Bertz CT molecular complexity index is 3760. The van der Waals surface area contributed by atoms with Crippen molar-refractivity contribution in [1.82, 2.24) is 31.1 Å². The Kier molecular flexibility index (Phi) is 25.6. The molecule has 4 aromatic carbocycles. The van der Waals surface area contributed by atoms with Crippen LogP contribution in [0.15, 0.2) is 144 Å². The van der Waals surface area contributed by atoms with Gasteiger partial charge in [-0.15, -0.1) is 6.58 Å². The molecular formula is C69H81Cl2N7O16. The maximum Gasteiger partial charge on any atom is 0.405 e. The number of halogens is 2. The fourth-order valence-corrected chi connectivity index (χ4v) is 11.4. The zero-order valence-electron chi connectivity index (χ0n) is 55.1. The van der Waals surface area contributed by atoms with Crippen LogP contribution in [0.2, 0.25) is 10.0 Å². The Balaban J connectivity index is 0.000000236. The summed E-state index contributed by atoms with van der Waals surface area (Å²) in [6, 6.07) is 17.0. The Morgan fingerprint density at radius 2 is 1.37 bits per heavy atom. The summed E-state index contributed by atoms with van der Waals surface area (Å²) in [6.45, 7) is 13.5. The van der Waals surface area contributed by atoms with Gasteiger partial charge in [0.1, 0.15) is 41.2 Å². The Morgan fingerprint density at radius 3 is 1.88 bits per heavy atom. The minimum absolute atomic E-state index is 0.000676. The van der Waals surface area contributed by atoms with Crippen molar-refractivity contribution in [3.05, 3.63) is 187 Å². The van der Waals surface area contributed by atoms with Gasteiger partial charge in [-0.2, -0.15) is 0 Å². The maximum absolute atomic E-state index is 13.6. The maximum atomic E-state index is 13.6. The van der Waals surface area contributed by atoms with Crippen molar-refractivity contribution in [3.8, 4) is 23.0 Å². The van der Waals surface area contributed by atoms with Crippen LogP contribution in [-0.4, -0.2) is 141 Å². The summed E-state index contributed by atoms with van der Waals surface area (Å²) >= 11 is 11.7. The number of phenolic OH excluding ortho intramolecular Hbond substituents is 4. The number of phenols is 4. The van der Waals surface area contributed by atoms with Crippen molar-refractivity contribution in [1.29, 1.82) is 0 Å². The molecule has 25 heteroatoms. The molecule has 23 nitrogen and oxygen atoms in total. The lowest BCUT2D eigenvalue weighted by molar-refractivity contribution is -0.126. The van der Waals surface area contributed by atoms with E-state index in [1.54, 1.807) is 68.5 Å². The van der Waals surface area contributed by atoms with E-state index in [-0.39, 0.29) is 107 Å². The van der Waals surface area contributed by atoms with E-state index in [1.807, 2.05) is 39.0 Å². The third kappa shape index (κ3) is 18.1. The average Bonchev–Trinajstić information content (AvgIpc) is 1.40. The number of rotatable bonds is 14. The molecule has 0 saturated carbocycles. The van der Waals surface area contributed by atoms with Gasteiger partial charge in [0, 0.05) is 85.0 Å². The molecule has 9 atom stereocenters. The van der Waals surface area contributed by atoms with Crippen LogP contribution in [0.25, 0.3) is 0 Å². The lowest BCUT2D eigenvalue weighted by Gasteiger charge is -2.30. The number of nitrogens with two attached hydrogens (primary N) is 1. The predicted octanol–water partition coefficient (Wildman–Crippen LogP) is 8.49. The number of benzene rings is 4. The third-order valence-electron chi connectivity index (χ3n) is 15.8. The highest BCUT2D eigenvalue weighted by atomic mass is 35.5. The van der Waals surface area contributed by atoms with Crippen LogP contribution in [-0.2, 0) is 51.3 Å². The van der Waals surface area contributed by atoms with E-state index in [1.165, 1.54) is 36.2 Å². The first kappa shape index (κ1) is 70.6. The standard InChI is InChI=1S/C31H45N3O8.C19H19ClN2O4.C19H17ClN2O4/c1-8-12-33-26-21-13-17(2)14-25(41-7)27(36)19(4)15-20(5)29(42-31(32)39)24(40-6)11-9-10-18(3)30(38)34-22(28(21)37)16-23(26)35;2*1-2-7-21-18(25)17-12-6-4-3-5-11(12)10-22(17)19(26)13-8-14(20)16(24)9-15(13)23/h9-11,15-17,19,24-25,27,29,33,36H,8,12-14H2,1-7H3,(H2,32,39)(H,34,38);3-6,8-9,17,23-24H,2,7,10H2,1H3,(H,21,25);2-6,8-9,17,23-24H,1,7,10H2,(H,21,25)/b11-9-,18-10+,20-15+;;/t17-,19+,24-,25+,27-,29+;;/m1../s1/i;1T,2T;. The van der Waals surface area contributed by atoms with Crippen LogP contribution in [0.1, 0.15) is 125 Å². The normalized spacial score (nSPS) is 23.4. The SMILES string of the molecule is C=CCNC(=O)C1c2ccccc2CN1C(=O)c1cc(Cl)c(O)cc1O.CCCNC1=C2C[C@@H](C)C[C@H](OC)[C@H](O)[C@@H](C)/C=C(\C)[C@H](OC(N)=O)[C@H](OC)/C=C\C=C(/C)C(=O)NC(=CC1=O)C2=O.[3H]CC([3H])CNC(=O)C1c2ccccc2CN1C(=O)c1cc(Cl)c(O)cc1O. The van der Waals surface area contributed by atoms with Crippen molar-refractivity contribution in [2.24, 2.45) is 17.6 Å². The van der Waals surface area contributed by atoms with E-state index < -0.39 is 102 Å². The number of allylic oxidation sites excluding steroid dienone is 4. The molecule has 11 N–H and O–H groups in total. The molecule has 0 saturated heterocycles. The second kappa shape index (κ2) is 34.1. The number of methoxy groups -OCH3 is 2. The number of carbonyl (C=O) groups excluding carboxylic acids is 8. The highest BCUT2D eigenvalue weighted by molar-refractivity contribution is 6.33. The smallest absolute Gasteiger partial charge is 0.405 e. The lowest BCUT2D eigenvalue weighted by atomic mass is 9.85. The van der Waals surface area contributed by atoms with Crippen molar-refractivity contribution in [2.45, 2.75) is 117 Å². The average molecular weight is 1340 g/mol. The number of aromatic hydroxyl groups is 4. The molecule has 4 aromatic rings. The van der Waals surface area contributed by atoms with E-state index in [4.69, 9.17) is 45.9 Å². The number of nitrogens with zero attached hydrogens (tertiary/aromatic N) is 2. The van der Waals surface area contributed by atoms with E-state index in [0.717, 1.165) is 47.4 Å². The second-order valence-electron chi connectivity index (χ2n) is 22.6. The summed E-state index contributed by atoms with van der Waals surface area (Å²) in [6.07, 6.45) is 5.48. The van der Waals surface area contributed by atoms with Crippen molar-refractivity contribution in [2.75, 3.05) is 33.9 Å². The highest BCUT2D eigenvalue weighted by Crippen LogP contribution is 2.41. The number of ether oxygens (including phenoxy) is 3. The lowest BCUT2D eigenvalue weighted by Crippen LogP contribution is -2.40. The first-order chi connectivity index (χ1) is 45.6. The predicted molar refractivity (Wildman–Crippen MR) is 352 cm³/mol. The van der Waals surface area contributed by atoms with Crippen LogP contribution in [0.4, 0.5) is 4.79 Å². The minimum atomic E-state index is -0.995. The van der Waals surface area contributed by atoms with Crippen LogP contribution in [0.5, 0.6) is 23.0 Å². The number of hydrogen-bond acceptors (Lipinski definition) is 17. The molecule has 0 spiro atoms. The number of carbonyl (C=O) groups is 8. The van der Waals surface area contributed by atoms with Gasteiger partial charge in [0.2, 0.25) is 23.4 Å². The number of nitrogens with one attached hydrogen (secondary N) is 4. The van der Waals surface area contributed by atoms with Gasteiger partial charge in [-0.05, 0) is 85.4 Å². The highest BCUT2D eigenvalue weighted by Gasteiger charge is 2.42. The first-order valence-corrected chi connectivity index (χ1v) is 30.8. The first-order valence-electron chi connectivity index (χ1n) is 31.3. The number of primary amides is 1. The third-order valence-corrected chi connectivity index (χ3v) is 16.4. The molecule has 3 heterocycles. The van der Waals surface area contributed by atoms with Crippen LogP contribution in [0, 0.1) is 11.8 Å². The fourth-order valence-electron chi connectivity index (χ4n) is 11.0. The Morgan fingerprint density at radius 1 is 0.819 bits per heavy atom. The van der Waals surface area contributed by atoms with Gasteiger partial charge in [-0.25, -0.2) is 4.79 Å². The number of amides is 6. The van der Waals surface area contributed by atoms with Gasteiger partial charge in [-0.1, -0.05) is 130 Å². The molecule has 0 aromatic heterocycles. The van der Waals surface area contributed by atoms with Gasteiger partial charge in [0.25, 0.3) is 17.7 Å². The van der Waals surface area contributed by atoms with Gasteiger partial charge >= 0.3 is 6.09 Å². The van der Waals surface area contributed by atoms with Crippen LogP contribution >= 0.6 is 23.2 Å².